The molecule has 148 valence electrons. The van der Waals surface area contributed by atoms with E-state index >= 15 is 0 Å². The molecule has 28 heavy (non-hydrogen) atoms. The number of alkyl halides is 3. The first-order valence-corrected chi connectivity index (χ1v) is 8.72. The Morgan fingerprint density at radius 2 is 1.89 bits per heavy atom. The van der Waals surface area contributed by atoms with Gasteiger partial charge in [0.25, 0.3) is 5.91 Å². The van der Waals surface area contributed by atoms with Gasteiger partial charge in [-0.05, 0) is 41.7 Å². The summed E-state index contributed by atoms with van der Waals surface area (Å²) in [5.41, 5.74) is 6.38. The number of amides is 1. The van der Waals surface area contributed by atoms with Crippen molar-refractivity contribution in [3.8, 4) is 5.75 Å². The highest BCUT2D eigenvalue weighted by atomic mass is 19.3. The van der Waals surface area contributed by atoms with E-state index in [2.05, 4.69) is 9.73 Å². The van der Waals surface area contributed by atoms with Gasteiger partial charge in [0.05, 0.1) is 6.67 Å². The summed E-state index contributed by atoms with van der Waals surface area (Å²) in [6.45, 7) is -3.38. The van der Waals surface area contributed by atoms with Crippen molar-refractivity contribution in [2.45, 2.75) is 25.0 Å². The van der Waals surface area contributed by atoms with E-state index in [0.717, 1.165) is 5.56 Å². The lowest BCUT2D eigenvalue weighted by atomic mass is 9.82. The molecule has 1 aliphatic rings. The summed E-state index contributed by atoms with van der Waals surface area (Å²) in [6, 6.07) is 12.9. The highest BCUT2D eigenvalue weighted by Crippen LogP contribution is 2.40. The van der Waals surface area contributed by atoms with Crippen LogP contribution in [0.5, 0.6) is 5.75 Å². The monoisotopic (exact) mass is 391 g/mol. The number of hydrogen-bond acceptors (Lipinski definition) is 4. The van der Waals surface area contributed by atoms with Crippen molar-refractivity contribution in [3.05, 3.63) is 65.2 Å². The van der Waals surface area contributed by atoms with Gasteiger partial charge in [0, 0.05) is 7.05 Å². The molecular weight excluding hydrogens is 371 g/mol. The minimum atomic E-state index is -2.94. The third-order valence-corrected chi connectivity index (χ3v) is 4.68. The standard InChI is InChI=1S/C20H20F3N3O2/c1-26-17(27)20(25-19(26)24,14-7-9-16(10-8-14)28-18(22)23)15-6-2-4-13(12-15)5-3-11-21/h2,4,6-10,12,18H,3,5,11H2,1H3,(H2,24,25). The van der Waals surface area contributed by atoms with E-state index in [1.54, 1.807) is 18.2 Å². The molecule has 0 aliphatic carbocycles. The quantitative estimate of drug-likeness (QED) is 0.788. The van der Waals surface area contributed by atoms with Crippen molar-refractivity contribution in [3.63, 3.8) is 0 Å². The van der Waals surface area contributed by atoms with Crippen molar-refractivity contribution in [2.24, 2.45) is 10.7 Å². The SMILES string of the molecule is CN1C(=O)C(c2ccc(OC(F)F)cc2)(c2cccc(CCCF)c2)N=C1N. The number of nitrogens with zero attached hydrogens (tertiary/aromatic N) is 2. The summed E-state index contributed by atoms with van der Waals surface area (Å²) in [4.78, 5) is 18.8. The Kier molecular flexibility index (Phi) is 5.58. The summed E-state index contributed by atoms with van der Waals surface area (Å²) in [7, 11) is 1.52. The van der Waals surface area contributed by atoms with Gasteiger partial charge in [-0.3, -0.25) is 14.1 Å². The van der Waals surface area contributed by atoms with Crippen LogP contribution >= 0.6 is 0 Å². The maximum absolute atomic E-state index is 13.1. The molecule has 2 N–H and O–H groups in total. The molecule has 1 amide bonds. The molecule has 0 bridgehead atoms. The van der Waals surface area contributed by atoms with E-state index in [1.807, 2.05) is 6.07 Å². The third-order valence-electron chi connectivity index (χ3n) is 4.68. The molecule has 3 rings (SSSR count). The summed E-state index contributed by atoms with van der Waals surface area (Å²) in [5, 5.41) is 0. The second-order valence-electron chi connectivity index (χ2n) is 6.44. The predicted molar refractivity (Wildman–Crippen MR) is 99.0 cm³/mol. The van der Waals surface area contributed by atoms with E-state index in [4.69, 9.17) is 5.73 Å². The number of hydrogen-bond donors (Lipinski definition) is 1. The number of aliphatic imine (C=N–C) groups is 1. The molecule has 8 heteroatoms. The van der Waals surface area contributed by atoms with Crippen molar-refractivity contribution in [1.29, 1.82) is 0 Å². The summed E-state index contributed by atoms with van der Waals surface area (Å²) in [5.74, 6) is -0.344. The molecule has 1 unspecified atom stereocenters. The minimum Gasteiger partial charge on any atom is -0.435 e. The summed E-state index contributed by atoms with van der Waals surface area (Å²) < 4.78 is 41.8. The lowest BCUT2D eigenvalue weighted by Crippen LogP contribution is -2.41. The average molecular weight is 391 g/mol. The highest BCUT2D eigenvalue weighted by molar-refractivity contribution is 6.08. The van der Waals surface area contributed by atoms with Gasteiger partial charge in [-0.1, -0.05) is 36.4 Å². The Labute approximate surface area is 160 Å². The van der Waals surface area contributed by atoms with Crippen LogP contribution in [0.2, 0.25) is 0 Å². The first-order valence-electron chi connectivity index (χ1n) is 8.72. The number of nitrogens with two attached hydrogens (primary N) is 1. The van der Waals surface area contributed by atoms with Gasteiger partial charge in [-0.2, -0.15) is 8.78 Å². The lowest BCUT2D eigenvalue weighted by molar-refractivity contribution is -0.129. The van der Waals surface area contributed by atoms with Crippen LogP contribution in [-0.4, -0.2) is 37.1 Å². The maximum atomic E-state index is 13.1. The highest BCUT2D eigenvalue weighted by Gasteiger charge is 2.49. The zero-order valence-corrected chi connectivity index (χ0v) is 15.2. The van der Waals surface area contributed by atoms with Gasteiger partial charge < -0.3 is 10.5 Å². The van der Waals surface area contributed by atoms with Crippen LogP contribution in [0.25, 0.3) is 0 Å². The van der Waals surface area contributed by atoms with E-state index in [0.29, 0.717) is 24.0 Å². The molecule has 1 heterocycles. The molecule has 2 aromatic carbocycles. The number of carbonyl (C=O) groups excluding carboxylic acids is 1. The van der Waals surface area contributed by atoms with E-state index in [9.17, 15) is 18.0 Å². The van der Waals surface area contributed by atoms with Gasteiger partial charge in [0.1, 0.15) is 5.75 Å². The van der Waals surface area contributed by atoms with Crippen molar-refractivity contribution in [2.75, 3.05) is 13.7 Å². The smallest absolute Gasteiger partial charge is 0.387 e. The van der Waals surface area contributed by atoms with Gasteiger partial charge >= 0.3 is 6.61 Å². The second kappa shape index (κ2) is 7.92. The molecular formula is C20H20F3N3O2. The first-order chi connectivity index (χ1) is 13.4. The van der Waals surface area contributed by atoms with E-state index < -0.39 is 18.8 Å². The molecule has 1 atom stereocenters. The van der Waals surface area contributed by atoms with Crippen LogP contribution in [0, 0.1) is 0 Å². The van der Waals surface area contributed by atoms with Crippen molar-refractivity contribution >= 4 is 11.9 Å². The van der Waals surface area contributed by atoms with Crippen LogP contribution in [0.4, 0.5) is 13.2 Å². The van der Waals surface area contributed by atoms with Crippen molar-refractivity contribution < 1.29 is 22.7 Å². The number of benzene rings is 2. The number of ether oxygens (including phenoxy) is 1. The molecule has 5 nitrogen and oxygen atoms in total. The fraction of sp³-hybridized carbons (Fsp3) is 0.300. The van der Waals surface area contributed by atoms with Crippen molar-refractivity contribution in [1.82, 2.24) is 4.90 Å². The third kappa shape index (κ3) is 3.54. The van der Waals surface area contributed by atoms with E-state index in [1.165, 1.54) is 36.2 Å². The number of guanidine groups is 1. The molecule has 1 aliphatic heterocycles. The molecule has 0 saturated heterocycles. The zero-order valence-electron chi connectivity index (χ0n) is 15.2. The Bertz CT molecular complexity index is 887. The zero-order chi connectivity index (χ0) is 20.3. The fourth-order valence-electron chi connectivity index (χ4n) is 3.28. The fourth-order valence-corrected chi connectivity index (χ4v) is 3.28. The number of likely N-dealkylation sites (N-methyl/N-ethyl adjacent to an activating group) is 1. The van der Waals surface area contributed by atoms with Crippen LogP contribution < -0.4 is 10.5 Å². The molecule has 0 fully saturated rings. The maximum Gasteiger partial charge on any atom is 0.387 e. The Morgan fingerprint density at radius 3 is 2.46 bits per heavy atom. The van der Waals surface area contributed by atoms with Gasteiger partial charge in [0.15, 0.2) is 11.5 Å². The average Bonchev–Trinajstić information content (AvgIpc) is 2.92. The second-order valence-corrected chi connectivity index (χ2v) is 6.44. The summed E-state index contributed by atoms with van der Waals surface area (Å²) >= 11 is 0. The predicted octanol–water partition coefficient (Wildman–Crippen LogP) is 3.22. The normalized spacial score (nSPS) is 19.2. The van der Waals surface area contributed by atoms with E-state index in [-0.39, 0.29) is 17.6 Å². The Balaban J connectivity index is 2.09. The van der Waals surface area contributed by atoms with Gasteiger partial charge in [-0.25, -0.2) is 4.99 Å². The Morgan fingerprint density at radius 1 is 1.18 bits per heavy atom. The van der Waals surface area contributed by atoms with Crippen LogP contribution in [0.3, 0.4) is 0 Å². The Hall–Kier alpha value is -3.03. The lowest BCUT2D eigenvalue weighted by Gasteiger charge is -2.26. The summed E-state index contributed by atoms with van der Waals surface area (Å²) in [6.07, 6.45) is 0.889. The van der Waals surface area contributed by atoms with Crippen LogP contribution in [0.1, 0.15) is 23.1 Å². The largest absolute Gasteiger partial charge is 0.435 e. The van der Waals surface area contributed by atoms with Crippen LogP contribution in [-0.2, 0) is 16.8 Å². The van der Waals surface area contributed by atoms with Gasteiger partial charge in [-0.15, -0.1) is 0 Å². The molecule has 0 saturated carbocycles. The topological polar surface area (TPSA) is 67.9 Å². The molecule has 0 radical (unpaired) electrons. The first kappa shape index (κ1) is 19.7. The molecule has 0 spiro atoms. The number of carbonyl (C=O) groups is 1. The molecule has 0 aromatic heterocycles. The number of aryl methyl sites for hydroxylation is 1. The number of halogens is 3. The number of rotatable bonds is 7. The molecule has 2 aromatic rings. The minimum absolute atomic E-state index is 0.0265. The van der Waals surface area contributed by atoms with Crippen LogP contribution in [0.15, 0.2) is 53.5 Å². The van der Waals surface area contributed by atoms with Gasteiger partial charge in [0.2, 0.25) is 0 Å².